The number of nitrogens with one attached hydrogen (secondary N) is 1. The fourth-order valence-corrected chi connectivity index (χ4v) is 3.78. The number of imidazole rings is 1. The Balaban J connectivity index is 1.50. The van der Waals surface area contributed by atoms with Gasteiger partial charge in [0.25, 0.3) is 5.91 Å². The number of carbonyl (C=O) groups excluding carboxylic acids is 2. The largest absolute Gasteiger partial charge is 0.497 e. The molecule has 0 saturated heterocycles. The van der Waals surface area contributed by atoms with E-state index >= 15 is 0 Å². The molecule has 8 nitrogen and oxygen atoms in total. The lowest BCUT2D eigenvalue weighted by Crippen LogP contribution is -2.46. The van der Waals surface area contributed by atoms with Crippen molar-refractivity contribution < 1.29 is 19.1 Å². The van der Waals surface area contributed by atoms with Crippen LogP contribution in [0.3, 0.4) is 0 Å². The van der Waals surface area contributed by atoms with Gasteiger partial charge in [0.1, 0.15) is 23.4 Å². The van der Waals surface area contributed by atoms with E-state index in [1.54, 1.807) is 25.1 Å². The Hall–Kier alpha value is -3.81. The lowest BCUT2D eigenvalue weighted by Gasteiger charge is -2.33. The number of anilines is 1. The SMILES string of the molecule is COc1ccc(C(NC(=O)CCN2C(=O)C(C)Oc3ccccc32)c2nccn2C)cc1. The van der Waals surface area contributed by atoms with E-state index in [4.69, 9.17) is 9.47 Å². The summed E-state index contributed by atoms with van der Waals surface area (Å²) >= 11 is 0. The highest BCUT2D eigenvalue weighted by molar-refractivity contribution is 6.00. The van der Waals surface area contributed by atoms with Gasteiger partial charge in [0, 0.05) is 32.4 Å². The average molecular weight is 434 g/mol. The molecule has 1 aliphatic heterocycles. The average Bonchev–Trinajstić information content (AvgIpc) is 3.23. The van der Waals surface area contributed by atoms with Crippen molar-refractivity contribution >= 4 is 17.5 Å². The lowest BCUT2D eigenvalue weighted by atomic mass is 10.1. The summed E-state index contributed by atoms with van der Waals surface area (Å²) < 4.78 is 12.8. The van der Waals surface area contributed by atoms with E-state index in [2.05, 4.69) is 10.3 Å². The smallest absolute Gasteiger partial charge is 0.267 e. The lowest BCUT2D eigenvalue weighted by molar-refractivity contribution is -0.125. The van der Waals surface area contributed by atoms with E-state index in [0.717, 1.165) is 11.3 Å². The summed E-state index contributed by atoms with van der Waals surface area (Å²) in [6.45, 7) is 1.97. The van der Waals surface area contributed by atoms with Crippen molar-refractivity contribution in [2.24, 2.45) is 7.05 Å². The monoisotopic (exact) mass is 434 g/mol. The van der Waals surface area contributed by atoms with Gasteiger partial charge in [-0.15, -0.1) is 0 Å². The first kappa shape index (κ1) is 21.4. The Morgan fingerprint density at radius 1 is 1.22 bits per heavy atom. The Bertz CT molecular complexity index is 1110. The highest BCUT2D eigenvalue weighted by Gasteiger charge is 2.31. The van der Waals surface area contributed by atoms with E-state index in [9.17, 15) is 9.59 Å². The predicted octanol–water partition coefficient (Wildman–Crippen LogP) is 2.84. The molecular formula is C24H26N4O4. The third-order valence-corrected chi connectivity index (χ3v) is 5.51. The zero-order valence-electron chi connectivity index (χ0n) is 18.3. The van der Waals surface area contributed by atoms with Gasteiger partial charge in [-0.3, -0.25) is 9.59 Å². The summed E-state index contributed by atoms with van der Waals surface area (Å²) in [7, 11) is 3.49. The van der Waals surface area contributed by atoms with E-state index in [0.29, 0.717) is 17.3 Å². The molecule has 0 saturated carbocycles. The van der Waals surface area contributed by atoms with Gasteiger partial charge in [-0.2, -0.15) is 0 Å². The number of hydrogen-bond acceptors (Lipinski definition) is 5. The van der Waals surface area contributed by atoms with Gasteiger partial charge in [-0.25, -0.2) is 4.98 Å². The van der Waals surface area contributed by atoms with E-state index in [-0.39, 0.29) is 24.8 Å². The number of nitrogens with zero attached hydrogens (tertiary/aromatic N) is 3. The molecule has 2 unspecified atom stereocenters. The fraction of sp³-hybridized carbons (Fsp3) is 0.292. The van der Waals surface area contributed by atoms with Crippen LogP contribution in [0, 0.1) is 0 Å². The minimum Gasteiger partial charge on any atom is -0.497 e. The van der Waals surface area contributed by atoms with E-state index < -0.39 is 12.1 Å². The first-order chi connectivity index (χ1) is 15.5. The summed E-state index contributed by atoms with van der Waals surface area (Å²) in [4.78, 5) is 31.7. The van der Waals surface area contributed by atoms with Crippen molar-refractivity contribution in [3.05, 3.63) is 72.3 Å². The number of benzene rings is 2. The van der Waals surface area contributed by atoms with Crippen LogP contribution in [-0.4, -0.2) is 41.1 Å². The first-order valence-electron chi connectivity index (χ1n) is 10.5. The molecule has 1 aliphatic rings. The van der Waals surface area contributed by atoms with Crippen molar-refractivity contribution in [2.45, 2.75) is 25.5 Å². The molecule has 0 radical (unpaired) electrons. The van der Waals surface area contributed by atoms with Crippen molar-refractivity contribution in [1.82, 2.24) is 14.9 Å². The number of amides is 2. The maximum atomic E-state index is 13.0. The summed E-state index contributed by atoms with van der Waals surface area (Å²) in [5.74, 6) is 1.75. The van der Waals surface area contributed by atoms with Gasteiger partial charge in [0.05, 0.1) is 12.8 Å². The maximum Gasteiger partial charge on any atom is 0.267 e. The van der Waals surface area contributed by atoms with Crippen LogP contribution in [0.4, 0.5) is 5.69 Å². The highest BCUT2D eigenvalue weighted by Crippen LogP contribution is 2.33. The van der Waals surface area contributed by atoms with Crippen molar-refractivity contribution in [3.8, 4) is 11.5 Å². The first-order valence-corrected chi connectivity index (χ1v) is 10.5. The second-order valence-corrected chi connectivity index (χ2v) is 7.64. The molecule has 1 aromatic heterocycles. The minimum absolute atomic E-state index is 0.143. The Kier molecular flexibility index (Phi) is 6.11. The molecular weight excluding hydrogens is 408 g/mol. The summed E-state index contributed by atoms with van der Waals surface area (Å²) in [6, 6.07) is 14.4. The van der Waals surface area contributed by atoms with E-state index in [1.807, 2.05) is 66.3 Å². The number of methoxy groups -OCH3 is 1. The number of aromatic nitrogens is 2. The number of aryl methyl sites for hydroxylation is 1. The number of rotatable bonds is 7. The van der Waals surface area contributed by atoms with Gasteiger partial charge in [0.15, 0.2) is 6.10 Å². The number of ether oxygens (including phenoxy) is 2. The van der Waals surface area contributed by atoms with Gasteiger partial charge in [-0.1, -0.05) is 24.3 Å². The molecule has 32 heavy (non-hydrogen) atoms. The molecule has 4 rings (SSSR count). The number of hydrogen-bond donors (Lipinski definition) is 1. The summed E-state index contributed by atoms with van der Waals surface area (Å²) in [6.07, 6.45) is 3.09. The van der Waals surface area contributed by atoms with Crippen LogP contribution in [0.2, 0.25) is 0 Å². The molecule has 166 valence electrons. The molecule has 2 heterocycles. The van der Waals surface area contributed by atoms with Crippen molar-refractivity contribution in [3.63, 3.8) is 0 Å². The van der Waals surface area contributed by atoms with Crippen LogP contribution in [0.25, 0.3) is 0 Å². The second kappa shape index (κ2) is 9.13. The molecule has 0 fully saturated rings. The fourth-order valence-electron chi connectivity index (χ4n) is 3.78. The zero-order chi connectivity index (χ0) is 22.7. The predicted molar refractivity (Wildman–Crippen MR) is 120 cm³/mol. The quantitative estimate of drug-likeness (QED) is 0.618. The van der Waals surface area contributed by atoms with Crippen molar-refractivity contribution in [1.29, 1.82) is 0 Å². The van der Waals surface area contributed by atoms with Crippen LogP contribution in [0.1, 0.15) is 30.8 Å². The minimum atomic E-state index is -0.590. The summed E-state index contributed by atoms with van der Waals surface area (Å²) in [5, 5.41) is 3.07. The van der Waals surface area contributed by atoms with Crippen LogP contribution in [0.15, 0.2) is 60.9 Å². The molecule has 2 amide bonds. The van der Waals surface area contributed by atoms with Gasteiger partial charge in [0.2, 0.25) is 5.91 Å². The van der Waals surface area contributed by atoms with Gasteiger partial charge >= 0.3 is 0 Å². The van der Waals surface area contributed by atoms with Gasteiger partial charge < -0.3 is 24.3 Å². The normalized spacial score (nSPS) is 16.2. The maximum absolute atomic E-state index is 13.0. The van der Waals surface area contributed by atoms with Crippen LogP contribution < -0.4 is 19.7 Å². The molecule has 1 N–H and O–H groups in total. The topological polar surface area (TPSA) is 85.7 Å². The molecule has 0 bridgehead atoms. The molecule has 3 aromatic rings. The van der Waals surface area contributed by atoms with Crippen LogP contribution in [0.5, 0.6) is 11.5 Å². The number of para-hydroxylation sites is 2. The Labute approximate surface area is 186 Å². The highest BCUT2D eigenvalue weighted by atomic mass is 16.5. The molecule has 2 aromatic carbocycles. The Morgan fingerprint density at radius 3 is 2.66 bits per heavy atom. The van der Waals surface area contributed by atoms with E-state index in [1.165, 1.54) is 0 Å². The van der Waals surface area contributed by atoms with Gasteiger partial charge in [-0.05, 0) is 36.8 Å². The molecule has 0 spiro atoms. The zero-order valence-corrected chi connectivity index (χ0v) is 18.3. The second-order valence-electron chi connectivity index (χ2n) is 7.64. The standard InChI is InChI=1S/C24H26N4O4/c1-16-24(30)28(19-6-4-5-7-20(19)32-16)14-12-21(29)26-22(23-25-13-15-27(23)2)17-8-10-18(31-3)11-9-17/h4-11,13,15-16,22H,12,14H2,1-3H3,(H,26,29). The van der Waals surface area contributed by atoms with Crippen LogP contribution in [-0.2, 0) is 16.6 Å². The third-order valence-electron chi connectivity index (χ3n) is 5.51. The number of fused-ring (bicyclic) bond motifs is 1. The molecule has 8 heteroatoms. The third kappa shape index (κ3) is 4.30. The molecule has 2 atom stereocenters. The summed E-state index contributed by atoms with van der Waals surface area (Å²) in [5.41, 5.74) is 1.56. The molecule has 0 aliphatic carbocycles. The van der Waals surface area contributed by atoms with Crippen LogP contribution >= 0.6 is 0 Å². The van der Waals surface area contributed by atoms with Crippen molar-refractivity contribution in [2.75, 3.05) is 18.6 Å². The number of carbonyl (C=O) groups is 2. The Morgan fingerprint density at radius 2 is 1.97 bits per heavy atom.